The summed E-state index contributed by atoms with van der Waals surface area (Å²) in [7, 11) is 5.96. The Balaban J connectivity index is 1.43. The van der Waals surface area contributed by atoms with Crippen molar-refractivity contribution in [3.05, 3.63) is 88.1 Å². The minimum atomic E-state index is -0.422. The standard InChI is InChI=1S/C29H37N3O3S/c1-30-28(33)34-20-15-26(27-14-9-21-36-27)35-25-13-8-7-10-23(25)22-32-18-16-29(17-19-32,31(2)3)24-11-5-4-6-12-24/h4-14,21,26H,15-20,22H2,1-3H3,(H,30,33). The molecule has 36 heavy (non-hydrogen) atoms. The van der Waals surface area contributed by atoms with Gasteiger partial charge in [-0.2, -0.15) is 0 Å². The summed E-state index contributed by atoms with van der Waals surface area (Å²) in [6.07, 6.45) is 2.17. The lowest BCUT2D eigenvalue weighted by atomic mass is 9.79. The van der Waals surface area contributed by atoms with Gasteiger partial charge < -0.3 is 14.8 Å². The van der Waals surface area contributed by atoms with Crippen molar-refractivity contribution in [1.29, 1.82) is 0 Å². The fraction of sp³-hybridized carbons (Fsp3) is 0.414. The number of nitrogens with one attached hydrogen (secondary N) is 1. The number of benzene rings is 2. The predicted molar refractivity (Wildman–Crippen MR) is 145 cm³/mol. The molecule has 2 aromatic carbocycles. The van der Waals surface area contributed by atoms with Crippen LogP contribution < -0.4 is 10.1 Å². The van der Waals surface area contributed by atoms with Crippen molar-refractivity contribution in [2.24, 2.45) is 0 Å². The summed E-state index contributed by atoms with van der Waals surface area (Å²) in [5.41, 5.74) is 2.66. The Morgan fingerprint density at radius 3 is 2.44 bits per heavy atom. The van der Waals surface area contributed by atoms with Crippen LogP contribution in [0.5, 0.6) is 5.75 Å². The highest BCUT2D eigenvalue weighted by molar-refractivity contribution is 7.10. The maximum absolute atomic E-state index is 11.5. The SMILES string of the molecule is CNC(=O)OCCC(Oc1ccccc1CN1CCC(c2ccccc2)(N(C)C)CC1)c1cccs1. The molecule has 192 valence electrons. The van der Waals surface area contributed by atoms with E-state index in [9.17, 15) is 4.79 Å². The lowest BCUT2D eigenvalue weighted by molar-refractivity contribution is 0.0500. The van der Waals surface area contributed by atoms with E-state index in [0.29, 0.717) is 13.0 Å². The lowest BCUT2D eigenvalue weighted by Gasteiger charge is -2.46. The van der Waals surface area contributed by atoms with E-state index in [2.05, 4.69) is 83.1 Å². The average Bonchev–Trinajstić information content (AvgIpc) is 3.45. The molecule has 2 heterocycles. The van der Waals surface area contributed by atoms with Crippen molar-refractivity contribution in [2.45, 2.75) is 37.5 Å². The van der Waals surface area contributed by atoms with Crippen LogP contribution in [0.3, 0.4) is 0 Å². The monoisotopic (exact) mass is 507 g/mol. The summed E-state index contributed by atoms with van der Waals surface area (Å²) in [6.45, 7) is 3.19. The van der Waals surface area contributed by atoms with E-state index < -0.39 is 6.09 Å². The van der Waals surface area contributed by atoms with Gasteiger partial charge in [0.25, 0.3) is 0 Å². The second-order valence-corrected chi connectivity index (χ2v) is 10.5. The van der Waals surface area contributed by atoms with Crippen LogP contribution in [0.25, 0.3) is 0 Å². The van der Waals surface area contributed by atoms with Crippen LogP contribution in [0.15, 0.2) is 72.1 Å². The van der Waals surface area contributed by atoms with E-state index in [4.69, 9.17) is 9.47 Å². The lowest BCUT2D eigenvalue weighted by Crippen LogP contribution is -2.50. The minimum Gasteiger partial charge on any atom is -0.484 e. The van der Waals surface area contributed by atoms with Gasteiger partial charge in [0.2, 0.25) is 0 Å². The third-order valence-electron chi connectivity index (χ3n) is 7.16. The number of hydrogen-bond donors (Lipinski definition) is 1. The summed E-state index contributed by atoms with van der Waals surface area (Å²) in [5.74, 6) is 0.892. The van der Waals surface area contributed by atoms with Crippen LogP contribution in [0.1, 0.15) is 41.4 Å². The van der Waals surface area contributed by atoms with Crippen molar-refractivity contribution in [3.63, 3.8) is 0 Å². The van der Waals surface area contributed by atoms with E-state index in [1.54, 1.807) is 18.4 Å². The molecule has 0 radical (unpaired) electrons. The van der Waals surface area contributed by atoms with Gasteiger partial charge in [-0.05, 0) is 50.0 Å². The number of para-hydroxylation sites is 1. The van der Waals surface area contributed by atoms with Gasteiger partial charge in [0.1, 0.15) is 11.9 Å². The molecule has 0 aliphatic carbocycles. The molecule has 1 unspecified atom stereocenters. The number of carbonyl (C=O) groups excluding carboxylic acids is 1. The van der Waals surface area contributed by atoms with Gasteiger partial charge in [-0.3, -0.25) is 9.80 Å². The number of carbonyl (C=O) groups is 1. The molecule has 1 atom stereocenters. The van der Waals surface area contributed by atoms with Crippen LogP contribution in [0.2, 0.25) is 0 Å². The number of thiophene rings is 1. The molecular weight excluding hydrogens is 470 g/mol. The van der Waals surface area contributed by atoms with E-state index in [1.165, 1.54) is 11.1 Å². The maximum Gasteiger partial charge on any atom is 0.406 e. The quantitative estimate of drug-likeness (QED) is 0.383. The van der Waals surface area contributed by atoms with Gasteiger partial charge in [-0.15, -0.1) is 11.3 Å². The Labute approximate surface area is 218 Å². The van der Waals surface area contributed by atoms with Gasteiger partial charge in [0, 0.05) is 49.1 Å². The molecule has 7 heteroatoms. The van der Waals surface area contributed by atoms with Crippen molar-refractivity contribution in [1.82, 2.24) is 15.1 Å². The molecule has 1 fully saturated rings. The van der Waals surface area contributed by atoms with E-state index in [1.807, 2.05) is 18.2 Å². The summed E-state index contributed by atoms with van der Waals surface area (Å²) >= 11 is 1.66. The molecule has 1 aliphatic heterocycles. The summed E-state index contributed by atoms with van der Waals surface area (Å²) in [6, 6.07) is 23.3. The molecule has 3 aromatic rings. The molecule has 0 saturated carbocycles. The highest BCUT2D eigenvalue weighted by Crippen LogP contribution is 2.38. The number of hydrogen-bond acceptors (Lipinski definition) is 6. The number of likely N-dealkylation sites (tertiary alicyclic amines) is 1. The zero-order chi connectivity index (χ0) is 25.4. The normalized spacial score (nSPS) is 16.4. The maximum atomic E-state index is 11.5. The van der Waals surface area contributed by atoms with Crippen molar-refractivity contribution in [3.8, 4) is 5.75 Å². The fourth-order valence-electron chi connectivity index (χ4n) is 5.03. The molecule has 1 aromatic heterocycles. The smallest absolute Gasteiger partial charge is 0.406 e. The summed E-state index contributed by atoms with van der Waals surface area (Å²) in [4.78, 5) is 17.6. The first-order chi connectivity index (χ1) is 17.5. The van der Waals surface area contributed by atoms with Crippen LogP contribution in [0.4, 0.5) is 4.79 Å². The Hall–Kier alpha value is -2.87. The number of ether oxygens (including phenoxy) is 2. The Morgan fingerprint density at radius 2 is 1.78 bits per heavy atom. The average molecular weight is 508 g/mol. The van der Waals surface area contributed by atoms with Crippen LogP contribution in [-0.4, -0.2) is 56.7 Å². The Kier molecular flexibility index (Phi) is 9.02. The second kappa shape index (κ2) is 12.4. The van der Waals surface area contributed by atoms with Gasteiger partial charge in [0.15, 0.2) is 0 Å². The van der Waals surface area contributed by atoms with Crippen molar-refractivity contribution < 1.29 is 14.3 Å². The van der Waals surface area contributed by atoms with Crippen LogP contribution in [-0.2, 0) is 16.8 Å². The first-order valence-corrected chi connectivity index (χ1v) is 13.5. The zero-order valence-electron chi connectivity index (χ0n) is 21.5. The van der Waals surface area contributed by atoms with Gasteiger partial charge >= 0.3 is 6.09 Å². The Bertz CT molecular complexity index is 1080. The molecule has 6 nitrogen and oxygen atoms in total. The predicted octanol–water partition coefficient (Wildman–Crippen LogP) is 5.67. The third kappa shape index (κ3) is 6.27. The number of amides is 1. The van der Waals surface area contributed by atoms with E-state index in [-0.39, 0.29) is 11.6 Å². The first-order valence-electron chi connectivity index (χ1n) is 12.6. The summed E-state index contributed by atoms with van der Waals surface area (Å²) in [5, 5.41) is 4.54. The van der Waals surface area contributed by atoms with Crippen LogP contribution >= 0.6 is 11.3 Å². The number of alkyl carbamates (subject to hydrolysis) is 1. The fourth-order valence-corrected chi connectivity index (χ4v) is 5.82. The molecule has 1 aliphatic rings. The molecule has 1 saturated heterocycles. The Morgan fingerprint density at radius 1 is 1.06 bits per heavy atom. The van der Waals surface area contributed by atoms with Crippen molar-refractivity contribution in [2.75, 3.05) is 40.8 Å². The highest BCUT2D eigenvalue weighted by Gasteiger charge is 2.38. The summed E-state index contributed by atoms with van der Waals surface area (Å²) < 4.78 is 11.8. The molecule has 0 spiro atoms. The van der Waals surface area contributed by atoms with Crippen molar-refractivity contribution >= 4 is 17.4 Å². The van der Waals surface area contributed by atoms with Crippen LogP contribution in [0, 0.1) is 0 Å². The molecule has 1 amide bonds. The number of rotatable bonds is 10. The van der Waals surface area contributed by atoms with Gasteiger partial charge in [0.05, 0.1) is 6.61 Å². The van der Waals surface area contributed by atoms with E-state index >= 15 is 0 Å². The van der Waals surface area contributed by atoms with E-state index in [0.717, 1.165) is 43.1 Å². The third-order valence-corrected chi connectivity index (χ3v) is 8.13. The minimum absolute atomic E-state index is 0.0722. The zero-order valence-corrected chi connectivity index (χ0v) is 22.3. The topological polar surface area (TPSA) is 54.0 Å². The molecular formula is C29H37N3O3S. The second-order valence-electron chi connectivity index (χ2n) is 9.47. The molecule has 1 N–H and O–H groups in total. The molecule has 0 bridgehead atoms. The first kappa shape index (κ1) is 26.2. The largest absolute Gasteiger partial charge is 0.484 e. The van der Waals surface area contributed by atoms with Gasteiger partial charge in [-0.1, -0.05) is 54.6 Å². The number of piperidine rings is 1. The van der Waals surface area contributed by atoms with Gasteiger partial charge in [-0.25, -0.2) is 4.79 Å². The number of nitrogens with zero attached hydrogens (tertiary/aromatic N) is 2. The highest BCUT2D eigenvalue weighted by atomic mass is 32.1. The molecule has 4 rings (SSSR count).